The first-order valence-electron chi connectivity index (χ1n) is 11.5. The first-order chi connectivity index (χ1) is 17.1. The maximum absolute atomic E-state index is 14.0. The fraction of sp³-hybridized carbons (Fsp3) is 0.222. The second-order valence-electron chi connectivity index (χ2n) is 9.01. The lowest BCUT2D eigenvalue weighted by molar-refractivity contribution is -0.123. The van der Waals surface area contributed by atoms with E-state index in [9.17, 15) is 14.4 Å². The van der Waals surface area contributed by atoms with E-state index >= 15 is 0 Å². The molecule has 8 heteroatoms. The van der Waals surface area contributed by atoms with Crippen LogP contribution in [0.2, 0.25) is 0 Å². The van der Waals surface area contributed by atoms with Gasteiger partial charge in [-0.2, -0.15) is 0 Å². The quantitative estimate of drug-likeness (QED) is 0.414. The third-order valence-electron chi connectivity index (χ3n) is 7.28. The Kier molecular flexibility index (Phi) is 4.41. The third kappa shape index (κ3) is 2.86. The van der Waals surface area contributed by atoms with Gasteiger partial charge in [0.15, 0.2) is 17.3 Å². The van der Waals surface area contributed by atoms with Gasteiger partial charge in [-0.05, 0) is 40.8 Å². The van der Waals surface area contributed by atoms with Crippen LogP contribution in [0.5, 0.6) is 11.5 Å². The van der Waals surface area contributed by atoms with E-state index in [0.717, 1.165) is 11.1 Å². The van der Waals surface area contributed by atoms with Crippen molar-refractivity contribution in [2.75, 3.05) is 18.1 Å². The number of carbonyl (C=O) groups is 3. The van der Waals surface area contributed by atoms with Gasteiger partial charge in [0.25, 0.3) is 0 Å². The van der Waals surface area contributed by atoms with Crippen molar-refractivity contribution >= 4 is 40.7 Å². The Bertz CT molecular complexity index is 1410. The van der Waals surface area contributed by atoms with E-state index in [2.05, 4.69) is 0 Å². The van der Waals surface area contributed by atoms with Gasteiger partial charge in [0.05, 0.1) is 28.4 Å². The zero-order chi connectivity index (χ0) is 23.7. The van der Waals surface area contributed by atoms with Crippen molar-refractivity contribution in [3.8, 4) is 11.5 Å². The number of imide groups is 1. The maximum atomic E-state index is 14.0. The zero-order valence-corrected chi connectivity index (χ0v) is 19.3. The molecular weight excluding hydrogens is 464 g/mol. The predicted molar refractivity (Wildman–Crippen MR) is 129 cm³/mol. The van der Waals surface area contributed by atoms with E-state index < -0.39 is 23.9 Å². The third-order valence-corrected chi connectivity index (χ3v) is 8.16. The molecule has 0 aliphatic carbocycles. The summed E-state index contributed by atoms with van der Waals surface area (Å²) in [5, 5.41) is 1.85. The monoisotopic (exact) mass is 484 g/mol. The summed E-state index contributed by atoms with van der Waals surface area (Å²) in [6.45, 7) is 0.857. The molecule has 2 amide bonds. The lowest BCUT2D eigenvalue weighted by Gasteiger charge is -2.35. The number of amides is 2. The molecule has 35 heavy (non-hydrogen) atoms. The van der Waals surface area contributed by atoms with Crippen LogP contribution >= 0.6 is 11.3 Å². The molecule has 2 saturated heterocycles. The second kappa shape index (κ2) is 7.55. The summed E-state index contributed by atoms with van der Waals surface area (Å²) in [6.07, 6.45) is 3.82. The van der Waals surface area contributed by atoms with E-state index in [-0.39, 0.29) is 17.6 Å². The van der Waals surface area contributed by atoms with Crippen LogP contribution in [0.3, 0.4) is 0 Å². The Morgan fingerprint density at radius 3 is 2.54 bits per heavy atom. The molecule has 5 heterocycles. The highest BCUT2D eigenvalue weighted by Crippen LogP contribution is 2.54. The highest BCUT2D eigenvalue weighted by atomic mass is 32.1. The summed E-state index contributed by atoms with van der Waals surface area (Å²) in [5.41, 5.74) is 2.39. The van der Waals surface area contributed by atoms with Gasteiger partial charge in [-0.3, -0.25) is 14.4 Å². The molecule has 0 bridgehead atoms. The summed E-state index contributed by atoms with van der Waals surface area (Å²) in [7, 11) is 0. The molecule has 3 aromatic rings. The Morgan fingerprint density at radius 1 is 0.914 bits per heavy atom. The number of Topliss-reactive ketones (excluding diaryl/α,β-unsaturated/α-hetero) is 1. The van der Waals surface area contributed by atoms with Gasteiger partial charge in [0.1, 0.15) is 19.3 Å². The van der Waals surface area contributed by atoms with Crippen LogP contribution in [-0.4, -0.2) is 41.8 Å². The minimum Gasteiger partial charge on any atom is -0.486 e. The normalized spacial score (nSPS) is 25.9. The molecular formula is C27H20N2O5S. The Labute approximate surface area is 205 Å². The number of ketones is 1. The molecule has 0 saturated carbocycles. The number of thiophene rings is 1. The van der Waals surface area contributed by atoms with Crippen molar-refractivity contribution in [3.63, 3.8) is 0 Å². The van der Waals surface area contributed by atoms with Gasteiger partial charge in [-0.1, -0.05) is 30.3 Å². The van der Waals surface area contributed by atoms with E-state index in [1.54, 1.807) is 24.3 Å². The highest BCUT2D eigenvalue weighted by molar-refractivity contribution is 7.12. The van der Waals surface area contributed by atoms with Crippen LogP contribution in [0.1, 0.15) is 26.8 Å². The van der Waals surface area contributed by atoms with Gasteiger partial charge in [0.2, 0.25) is 11.8 Å². The first kappa shape index (κ1) is 20.5. The maximum Gasteiger partial charge on any atom is 0.240 e. The fourth-order valence-electron chi connectivity index (χ4n) is 5.85. The zero-order valence-electron chi connectivity index (χ0n) is 18.5. The molecule has 7 nitrogen and oxygen atoms in total. The van der Waals surface area contributed by atoms with E-state index in [0.29, 0.717) is 35.3 Å². The lowest BCUT2D eigenvalue weighted by atomic mass is 9.84. The smallest absolute Gasteiger partial charge is 0.240 e. The Hall–Kier alpha value is -3.91. The van der Waals surface area contributed by atoms with E-state index in [1.807, 2.05) is 52.9 Å². The molecule has 4 aliphatic heterocycles. The van der Waals surface area contributed by atoms with Crippen LogP contribution < -0.4 is 14.4 Å². The van der Waals surface area contributed by atoms with Crippen LogP contribution in [-0.2, 0) is 9.59 Å². The van der Waals surface area contributed by atoms with Crippen molar-refractivity contribution in [3.05, 3.63) is 82.2 Å². The molecule has 2 aromatic carbocycles. The summed E-state index contributed by atoms with van der Waals surface area (Å²) in [6, 6.07) is 15.4. The molecule has 4 aliphatic rings. The van der Waals surface area contributed by atoms with Crippen molar-refractivity contribution in [1.29, 1.82) is 0 Å². The van der Waals surface area contributed by atoms with Gasteiger partial charge in [0, 0.05) is 12.3 Å². The molecule has 0 unspecified atom stereocenters. The largest absolute Gasteiger partial charge is 0.486 e. The number of hydrogen-bond acceptors (Lipinski definition) is 7. The first-order valence-corrected chi connectivity index (χ1v) is 12.4. The summed E-state index contributed by atoms with van der Waals surface area (Å²) in [5.74, 6) is -1.15. The van der Waals surface area contributed by atoms with Crippen molar-refractivity contribution < 1.29 is 23.9 Å². The van der Waals surface area contributed by atoms with Gasteiger partial charge in [-0.15, -0.1) is 11.3 Å². The van der Waals surface area contributed by atoms with Gasteiger partial charge in [-0.25, -0.2) is 4.90 Å². The number of carbonyl (C=O) groups excluding carboxylic acids is 3. The van der Waals surface area contributed by atoms with Crippen molar-refractivity contribution in [2.45, 2.75) is 12.1 Å². The number of rotatable bonds is 3. The van der Waals surface area contributed by atoms with Crippen molar-refractivity contribution in [1.82, 2.24) is 4.90 Å². The minimum atomic E-state index is -0.786. The number of nitrogens with zero attached hydrogens (tertiary/aromatic N) is 2. The fourth-order valence-corrected chi connectivity index (χ4v) is 6.55. The summed E-state index contributed by atoms with van der Waals surface area (Å²) < 4.78 is 11.3. The Morgan fingerprint density at radius 2 is 1.71 bits per heavy atom. The van der Waals surface area contributed by atoms with Crippen molar-refractivity contribution in [2.24, 2.45) is 11.8 Å². The molecule has 1 aromatic heterocycles. The van der Waals surface area contributed by atoms with Gasteiger partial charge >= 0.3 is 0 Å². The average Bonchev–Trinajstić information content (AvgIpc) is 3.60. The molecule has 0 spiro atoms. The summed E-state index contributed by atoms with van der Waals surface area (Å²) in [4.78, 5) is 45.4. The SMILES string of the molecule is O=C(c1cccs1)[C@@H]1[C@@H]2C(=O)N(c3ccc4c(c3)OCCO4)C(=O)[C@H]2[C@H]2c3ccccc3C=CN12. The average molecular weight is 485 g/mol. The van der Waals surface area contributed by atoms with Gasteiger partial charge < -0.3 is 14.4 Å². The minimum absolute atomic E-state index is 0.133. The number of benzene rings is 2. The molecule has 4 atom stereocenters. The molecule has 7 rings (SSSR count). The molecule has 174 valence electrons. The number of anilines is 1. The Balaban J connectivity index is 1.35. The molecule has 0 N–H and O–H groups in total. The van der Waals surface area contributed by atoms with Crippen LogP contribution in [0.4, 0.5) is 5.69 Å². The van der Waals surface area contributed by atoms with Crippen LogP contribution in [0, 0.1) is 11.8 Å². The molecule has 2 fully saturated rings. The lowest BCUT2D eigenvalue weighted by Crippen LogP contribution is -2.44. The number of ether oxygens (including phenoxy) is 2. The summed E-state index contributed by atoms with van der Waals surface area (Å²) >= 11 is 1.35. The highest BCUT2D eigenvalue weighted by Gasteiger charge is 2.64. The van der Waals surface area contributed by atoms with E-state index in [1.165, 1.54) is 16.2 Å². The van der Waals surface area contributed by atoms with Crippen LogP contribution in [0.25, 0.3) is 6.08 Å². The number of fused-ring (bicyclic) bond motifs is 6. The topological polar surface area (TPSA) is 76.1 Å². The predicted octanol–water partition coefficient (Wildman–Crippen LogP) is 3.92. The van der Waals surface area contributed by atoms with Crippen LogP contribution in [0.15, 0.2) is 66.2 Å². The molecule has 0 radical (unpaired) electrons. The standard InChI is InChI=1S/C27H20N2O5S/c30-25(20-6-3-13-35-20)24-22-21(23-17-5-2-1-4-15(17)9-10-28(23)24)26(31)29(27(22)32)16-7-8-18-19(14-16)34-12-11-33-18/h1-10,13-14,21-24H,11-12H2/t21-,22-,23-,24+/m1/s1. The number of hydrogen-bond donors (Lipinski definition) is 0. The van der Waals surface area contributed by atoms with E-state index in [4.69, 9.17) is 9.47 Å². The second-order valence-corrected chi connectivity index (χ2v) is 9.96.